The van der Waals surface area contributed by atoms with Crippen LogP contribution in [0.1, 0.15) is 11.3 Å². The number of pyridine rings is 1. The molecule has 0 amide bonds. The van der Waals surface area contributed by atoms with Crippen molar-refractivity contribution in [2.75, 3.05) is 20.6 Å². The molecule has 0 fully saturated rings. The van der Waals surface area contributed by atoms with Gasteiger partial charge in [0.2, 0.25) is 0 Å². The van der Waals surface area contributed by atoms with Gasteiger partial charge in [-0.1, -0.05) is 29.8 Å². The van der Waals surface area contributed by atoms with Gasteiger partial charge >= 0.3 is 0 Å². The molecule has 2 aromatic rings. The van der Waals surface area contributed by atoms with Crippen LogP contribution in [0.15, 0.2) is 53.7 Å². The standard InChI is InChI=1S/C17H21ClN4/c1-19-17(21-11-9-16-8-3-4-10-20-16)22(2)13-14-6-5-7-15(18)12-14/h3-8,10,12H,9,11,13H2,1-2H3,(H,19,21). The van der Waals surface area contributed by atoms with Crippen LogP contribution in [0.25, 0.3) is 0 Å². The fourth-order valence-corrected chi connectivity index (χ4v) is 2.43. The zero-order chi connectivity index (χ0) is 15.8. The summed E-state index contributed by atoms with van der Waals surface area (Å²) in [7, 11) is 3.80. The highest BCUT2D eigenvalue weighted by atomic mass is 35.5. The maximum absolute atomic E-state index is 6.02. The van der Waals surface area contributed by atoms with Gasteiger partial charge in [-0.3, -0.25) is 9.98 Å². The van der Waals surface area contributed by atoms with E-state index in [1.54, 1.807) is 7.05 Å². The van der Waals surface area contributed by atoms with Gasteiger partial charge in [0.1, 0.15) is 0 Å². The molecule has 0 atom stereocenters. The molecule has 0 bridgehead atoms. The first-order valence-electron chi connectivity index (χ1n) is 7.25. The maximum atomic E-state index is 6.02. The van der Waals surface area contributed by atoms with E-state index in [-0.39, 0.29) is 0 Å². The van der Waals surface area contributed by atoms with Gasteiger partial charge in [-0.15, -0.1) is 0 Å². The molecule has 0 saturated heterocycles. The van der Waals surface area contributed by atoms with E-state index in [9.17, 15) is 0 Å². The average molecular weight is 317 g/mol. The molecule has 22 heavy (non-hydrogen) atoms. The van der Waals surface area contributed by atoms with Crippen LogP contribution >= 0.6 is 11.6 Å². The Morgan fingerprint density at radius 2 is 2.14 bits per heavy atom. The summed E-state index contributed by atoms with van der Waals surface area (Å²) in [6, 6.07) is 13.8. The van der Waals surface area contributed by atoms with Gasteiger partial charge in [0, 0.05) is 50.5 Å². The number of halogens is 1. The minimum Gasteiger partial charge on any atom is -0.356 e. The molecule has 5 heteroatoms. The number of nitrogens with zero attached hydrogens (tertiary/aromatic N) is 3. The van der Waals surface area contributed by atoms with Crippen molar-refractivity contribution in [3.8, 4) is 0 Å². The molecule has 0 aliphatic heterocycles. The van der Waals surface area contributed by atoms with E-state index in [4.69, 9.17) is 11.6 Å². The molecule has 0 spiro atoms. The monoisotopic (exact) mass is 316 g/mol. The lowest BCUT2D eigenvalue weighted by molar-refractivity contribution is 0.477. The average Bonchev–Trinajstić information content (AvgIpc) is 2.52. The van der Waals surface area contributed by atoms with Gasteiger partial charge in [-0.05, 0) is 29.8 Å². The van der Waals surface area contributed by atoms with Gasteiger partial charge < -0.3 is 10.2 Å². The number of hydrogen-bond donors (Lipinski definition) is 1. The number of guanidine groups is 1. The second-order valence-electron chi connectivity index (χ2n) is 5.03. The summed E-state index contributed by atoms with van der Waals surface area (Å²) in [5, 5.41) is 4.11. The van der Waals surface area contributed by atoms with Crippen molar-refractivity contribution in [2.24, 2.45) is 4.99 Å². The summed E-state index contributed by atoms with van der Waals surface area (Å²) < 4.78 is 0. The van der Waals surface area contributed by atoms with Gasteiger partial charge in [0.15, 0.2) is 5.96 Å². The third kappa shape index (κ3) is 5.04. The molecule has 1 aromatic carbocycles. The van der Waals surface area contributed by atoms with Crippen molar-refractivity contribution in [2.45, 2.75) is 13.0 Å². The number of hydrogen-bond acceptors (Lipinski definition) is 2. The molecule has 1 N–H and O–H groups in total. The van der Waals surface area contributed by atoms with Crippen molar-refractivity contribution in [3.05, 3.63) is 64.9 Å². The number of aromatic nitrogens is 1. The lowest BCUT2D eigenvalue weighted by Gasteiger charge is -2.22. The lowest BCUT2D eigenvalue weighted by atomic mass is 10.2. The molecule has 0 saturated carbocycles. The Kier molecular flexibility index (Phi) is 6.22. The number of nitrogens with one attached hydrogen (secondary N) is 1. The highest BCUT2D eigenvalue weighted by Gasteiger charge is 2.06. The van der Waals surface area contributed by atoms with E-state index in [2.05, 4.69) is 26.3 Å². The summed E-state index contributed by atoms with van der Waals surface area (Å²) in [5.74, 6) is 0.857. The molecular formula is C17H21ClN4. The molecule has 1 heterocycles. The molecule has 1 aromatic heterocycles. The predicted octanol–water partition coefficient (Wildman–Crippen LogP) is 2.98. The summed E-state index contributed by atoms with van der Waals surface area (Å²) in [6.07, 6.45) is 2.68. The van der Waals surface area contributed by atoms with E-state index in [1.165, 1.54) is 0 Å². The van der Waals surface area contributed by atoms with Crippen LogP contribution in [0.5, 0.6) is 0 Å². The van der Waals surface area contributed by atoms with Crippen molar-refractivity contribution in [3.63, 3.8) is 0 Å². The van der Waals surface area contributed by atoms with Crippen LogP contribution < -0.4 is 5.32 Å². The Bertz CT molecular complexity index is 613. The molecule has 116 valence electrons. The second-order valence-corrected chi connectivity index (χ2v) is 5.47. The zero-order valence-electron chi connectivity index (χ0n) is 13.0. The third-order valence-corrected chi connectivity index (χ3v) is 3.51. The molecule has 4 nitrogen and oxygen atoms in total. The van der Waals surface area contributed by atoms with Crippen molar-refractivity contribution in [1.29, 1.82) is 0 Å². The minimum atomic E-state index is 0.754. The zero-order valence-corrected chi connectivity index (χ0v) is 13.7. The van der Waals surface area contributed by atoms with Gasteiger partial charge in [-0.25, -0.2) is 0 Å². The minimum absolute atomic E-state index is 0.754. The van der Waals surface area contributed by atoms with E-state index >= 15 is 0 Å². The topological polar surface area (TPSA) is 40.5 Å². The number of benzene rings is 1. The highest BCUT2D eigenvalue weighted by molar-refractivity contribution is 6.30. The van der Waals surface area contributed by atoms with Crippen molar-refractivity contribution in [1.82, 2.24) is 15.2 Å². The first-order chi connectivity index (χ1) is 10.7. The molecule has 0 aliphatic rings. The van der Waals surface area contributed by atoms with Crippen LogP contribution in [0, 0.1) is 0 Å². The van der Waals surface area contributed by atoms with Crippen LogP contribution in [0.2, 0.25) is 5.02 Å². The molecule has 0 aliphatic carbocycles. The Morgan fingerprint density at radius 3 is 2.82 bits per heavy atom. The van der Waals surface area contributed by atoms with Crippen LogP contribution in [-0.4, -0.2) is 36.5 Å². The SMILES string of the molecule is CN=C(NCCc1ccccn1)N(C)Cc1cccc(Cl)c1. The highest BCUT2D eigenvalue weighted by Crippen LogP contribution is 2.12. The Morgan fingerprint density at radius 1 is 1.27 bits per heavy atom. The fourth-order valence-electron chi connectivity index (χ4n) is 2.22. The van der Waals surface area contributed by atoms with Crippen molar-refractivity contribution >= 4 is 17.6 Å². The number of rotatable bonds is 5. The molecule has 2 rings (SSSR count). The largest absolute Gasteiger partial charge is 0.356 e. The summed E-state index contributed by atoms with van der Waals surface area (Å²) >= 11 is 6.02. The third-order valence-electron chi connectivity index (χ3n) is 3.27. The molecule has 0 radical (unpaired) electrons. The predicted molar refractivity (Wildman–Crippen MR) is 92.2 cm³/mol. The van der Waals surface area contributed by atoms with Crippen LogP contribution in [0.4, 0.5) is 0 Å². The van der Waals surface area contributed by atoms with Gasteiger partial charge in [0.25, 0.3) is 0 Å². The Balaban J connectivity index is 1.85. The molecular weight excluding hydrogens is 296 g/mol. The van der Waals surface area contributed by atoms with E-state index in [0.29, 0.717) is 0 Å². The Labute approximate surface area is 136 Å². The summed E-state index contributed by atoms with van der Waals surface area (Å²) in [5.41, 5.74) is 2.23. The lowest BCUT2D eigenvalue weighted by Crippen LogP contribution is -2.39. The number of aliphatic imine (C=N–C) groups is 1. The summed E-state index contributed by atoms with van der Waals surface area (Å²) in [4.78, 5) is 10.7. The van der Waals surface area contributed by atoms with Gasteiger partial charge in [-0.2, -0.15) is 0 Å². The second kappa shape index (κ2) is 8.39. The molecule has 0 unspecified atom stereocenters. The van der Waals surface area contributed by atoms with Crippen LogP contribution in [-0.2, 0) is 13.0 Å². The van der Waals surface area contributed by atoms with E-state index < -0.39 is 0 Å². The van der Waals surface area contributed by atoms with E-state index in [0.717, 1.165) is 41.7 Å². The van der Waals surface area contributed by atoms with Crippen molar-refractivity contribution < 1.29 is 0 Å². The summed E-state index contributed by atoms with van der Waals surface area (Å²) in [6.45, 7) is 1.55. The smallest absolute Gasteiger partial charge is 0.193 e. The first-order valence-corrected chi connectivity index (χ1v) is 7.63. The Hall–Kier alpha value is -2.07. The normalized spacial score (nSPS) is 11.3. The maximum Gasteiger partial charge on any atom is 0.193 e. The first kappa shape index (κ1) is 16.3. The van der Waals surface area contributed by atoms with Crippen LogP contribution in [0.3, 0.4) is 0 Å². The fraction of sp³-hybridized carbons (Fsp3) is 0.294. The van der Waals surface area contributed by atoms with Gasteiger partial charge in [0.05, 0.1) is 0 Å². The van der Waals surface area contributed by atoms with E-state index in [1.807, 2.05) is 49.6 Å². The quantitative estimate of drug-likeness (QED) is 0.681.